The van der Waals surface area contributed by atoms with Crippen LogP contribution in [0.25, 0.3) is 82.8 Å². The highest BCUT2D eigenvalue weighted by Gasteiger charge is 2.22. The first-order chi connectivity index (χ1) is 29.8. The summed E-state index contributed by atoms with van der Waals surface area (Å²) < 4.78 is 2.40. The first-order valence-corrected chi connectivity index (χ1v) is 20.6. The van der Waals surface area contributed by atoms with E-state index in [1.54, 1.807) is 0 Å². The topological polar surface area (TPSA) is 8.17 Å². The van der Waals surface area contributed by atoms with Crippen molar-refractivity contribution in [3.8, 4) is 50.2 Å². The average molecular weight is 765 g/mol. The summed E-state index contributed by atoms with van der Waals surface area (Å²) in [6, 6.07) is 88.0. The second-order valence-corrected chi connectivity index (χ2v) is 15.3. The van der Waals surface area contributed by atoms with Gasteiger partial charge in [-0.05, 0) is 98.2 Å². The molecule has 2 heteroatoms. The minimum Gasteiger partial charge on any atom is -0.310 e. The Bertz CT molecular complexity index is 3280. The van der Waals surface area contributed by atoms with E-state index in [1.165, 1.54) is 54.9 Å². The third-order valence-corrected chi connectivity index (χ3v) is 11.8. The van der Waals surface area contributed by atoms with Gasteiger partial charge in [0.2, 0.25) is 0 Å². The summed E-state index contributed by atoms with van der Waals surface area (Å²) in [6.07, 6.45) is 0. The molecule has 1 heterocycles. The standard InChI is InChI=1S/C58H40N2/c1-5-17-41(18-6-1)46-32-36-50(42-19-7-2-8-20-42)56(39-46)59(49-35-38-54-53-27-15-16-28-55(53)60(57(54)40-49)47-24-11-4-12-25-47)48-33-29-44(30-34-48)52-37-31-43-21-13-14-26-51(43)58(52)45-22-9-3-10-23-45/h1-40H. The average Bonchev–Trinajstić information content (AvgIpc) is 3.66. The summed E-state index contributed by atoms with van der Waals surface area (Å²) in [6.45, 7) is 0. The highest BCUT2D eigenvalue weighted by Crippen LogP contribution is 2.46. The molecule has 11 rings (SSSR count). The van der Waals surface area contributed by atoms with Gasteiger partial charge in [0.15, 0.2) is 0 Å². The first kappa shape index (κ1) is 35.2. The van der Waals surface area contributed by atoms with Crippen molar-refractivity contribution in [2.45, 2.75) is 0 Å². The summed E-state index contributed by atoms with van der Waals surface area (Å²) in [5.74, 6) is 0. The van der Waals surface area contributed by atoms with Crippen molar-refractivity contribution in [1.29, 1.82) is 0 Å². The van der Waals surface area contributed by atoms with Crippen LogP contribution < -0.4 is 4.90 Å². The van der Waals surface area contributed by atoms with E-state index in [9.17, 15) is 0 Å². The van der Waals surface area contributed by atoms with E-state index in [0.29, 0.717) is 0 Å². The molecule has 0 amide bonds. The van der Waals surface area contributed by atoms with Crippen LogP contribution >= 0.6 is 0 Å². The fraction of sp³-hybridized carbons (Fsp3) is 0. The Labute approximate surface area is 350 Å². The van der Waals surface area contributed by atoms with E-state index in [0.717, 1.165) is 45.0 Å². The quantitative estimate of drug-likeness (QED) is 0.150. The number of anilines is 3. The van der Waals surface area contributed by atoms with Crippen molar-refractivity contribution in [2.24, 2.45) is 0 Å². The zero-order valence-corrected chi connectivity index (χ0v) is 33.0. The molecular weight excluding hydrogens is 725 g/mol. The molecule has 0 spiro atoms. The number of hydrogen-bond donors (Lipinski definition) is 0. The van der Waals surface area contributed by atoms with Gasteiger partial charge in [0, 0.05) is 33.4 Å². The summed E-state index contributed by atoms with van der Waals surface area (Å²) in [5.41, 5.74) is 16.2. The monoisotopic (exact) mass is 764 g/mol. The Morgan fingerprint density at radius 3 is 1.57 bits per heavy atom. The van der Waals surface area contributed by atoms with E-state index in [4.69, 9.17) is 0 Å². The number of para-hydroxylation sites is 2. The lowest BCUT2D eigenvalue weighted by molar-refractivity contribution is 1.18. The molecule has 0 aliphatic rings. The number of rotatable bonds is 8. The molecule has 0 bridgehead atoms. The molecule has 60 heavy (non-hydrogen) atoms. The molecule has 11 aromatic rings. The summed E-state index contributed by atoms with van der Waals surface area (Å²) in [5, 5.41) is 4.94. The molecular formula is C58H40N2. The Hall–Kier alpha value is -7.94. The maximum absolute atomic E-state index is 2.45. The molecule has 10 aromatic carbocycles. The molecule has 0 N–H and O–H groups in total. The molecule has 0 saturated heterocycles. The predicted octanol–water partition coefficient (Wildman–Crippen LogP) is 16.1. The third kappa shape index (κ3) is 6.23. The van der Waals surface area contributed by atoms with Crippen LogP contribution in [0.1, 0.15) is 0 Å². The second kappa shape index (κ2) is 15.1. The van der Waals surface area contributed by atoms with Crippen LogP contribution in [0.2, 0.25) is 0 Å². The number of benzene rings is 10. The lowest BCUT2D eigenvalue weighted by atomic mass is 9.89. The zero-order chi connectivity index (χ0) is 39.8. The number of fused-ring (bicyclic) bond motifs is 4. The maximum atomic E-state index is 2.45. The van der Waals surface area contributed by atoms with Gasteiger partial charge in [0.05, 0.1) is 16.7 Å². The van der Waals surface area contributed by atoms with Crippen LogP contribution in [0.5, 0.6) is 0 Å². The van der Waals surface area contributed by atoms with Crippen LogP contribution in [0.4, 0.5) is 17.1 Å². The summed E-state index contributed by atoms with van der Waals surface area (Å²) >= 11 is 0. The van der Waals surface area contributed by atoms with Gasteiger partial charge in [-0.15, -0.1) is 0 Å². The molecule has 1 aromatic heterocycles. The normalized spacial score (nSPS) is 11.3. The minimum atomic E-state index is 1.07. The van der Waals surface area contributed by atoms with Gasteiger partial charge in [-0.3, -0.25) is 0 Å². The fourth-order valence-corrected chi connectivity index (χ4v) is 8.99. The van der Waals surface area contributed by atoms with Crippen molar-refractivity contribution in [3.63, 3.8) is 0 Å². The van der Waals surface area contributed by atoms with Crippen LogP contribution in [0.3, 0.4) is 0 Å². The van der Waals surface area contributed by atoms with Gasteiger partial charge in [0.25, 0.3) is 0 Å². The SMILES string of the molecule is c1ccc(-c2ccc(-c3ccccc3)c(N(c3ccc(-c4ccc5ccccc5c4-c4ccccc4)cc3)c3ccc4c5ccccc5n(-c5ccccc5)c4c3)c2)cc1. The van der Waals surface area contributed by atoms with Gasteiger partial charge in [0.1, 0.15) is 0 Å². The number of aromatic nitrogens is 1. The van der Waals surface area contributed by atoms with Gasteiger partial charge >= 0.3 is 0 Å². The molecule has 282 valence electrons. The Morgan fingerprint density at radius 1 is 0.300 bits per heavy atom. The smallest absolute Gasteiger partial charge is 0.0561 e. The highest BCUT2D eigenvalue weighted by atomic mass is 15.1. The Balaban J connectivity index is 1.16. The van der Waals surface area contributed by atoms with E-state index in [-0.39, 0.29) is 0 Å². The van der Waals surface area contributed by atoms with Gasteiger partial charge in [-0.2, -0.15) is 0 Å². The fourth-order valence-electron chi connectivity index (χ4n) is 8.99. The lowest BCUT2D eigenvalue weighted by Crippen LogP contribution is -2.12. The molecule has 0 unspecified atom stereocenters. The zero-order valence-electron chi connectivity index (χ0n) is 33.0. The van der Waals surface area contributed by atoms with E-state index >= 15 is 0 Å². The van der Waals surface area contributed by atoms with Crippen molar-refractivity contribution in [1.82, 2.24) is 4.57 Å². The van der Waals surface area contributed by atoms with Gasteiger partial charge in [-0.1, -0.05) is 194 Å². The molecule has 0 fully saturated rings. The van der Waals surface area contributed by atoms with Crippen LogP contribution in [0, 0.1) is 0 Å². The minimum absolute atomic E-state index is 1.07. The van der Waals surface area contributed by atoms with Gasteiger partial charge in [-0.25, -0.2) is 0 Å². The summed E-state index contributed by atoms with van der Waals surface area (Å²) in [4.78, 5) is 2.45. The molecule has 0 aliphatic carbocycles. The molecule has 0 radical (unpaired) electrons. The van der Waals surface area contributed by atoms with Crippen molar-refractivity contribution < 1.29 is 0 Å². The van der Waals surface area contributed by atoms with Crippen LogP contribution in [-0.4, -0.2) is 4.57 Å². The Kier molecular flexibility index (Phi) is 8.87. The first-order valence-electron chi connectivity index (χ1n) is 20.6. The maximum Gasteiger partial charge on any atom is 0.0561 e. The molecule has 0 saturated carbocycles. The van der Waals surface area contributed by atoms with Crippen LogP contribution in [-0.2, 0) is 0 Å². The van der Waals surface area contributed by atoms with E-state index < -0.39 is 0 Å². The largest absolute Gasteiger partial charge is 0.310 e. The van der Waals surface area contributed by atoms with E-state index in [2.05, 4.69) is 252 Å². The molecule has 0 aliphatic heterocycles. The predicted molar refractivity (Wildman–Crippen MR) is 255 cm³/mol. The second-order valence-electron chi connectivity index (χ2n) is 15.3. The third-order valence-electron chi connectivity index (χ3n) is 11.8. The number of nitrogens with zero attached hydrogens (tertiary/aromatic N) is 2. The van der Waals surface area contributed by atoms with Crippen molar-refractivity contribution in [2.75, 3.05) is 4.90 Å². The lowest BCUT2D eigenvalue weighted by Gasteiger charge is -2.29. The number of hydrogen-bond acceptors (Lipinski definition) is 1. The van der Waals surface area contributed by atoms with E-state index in [1.807, 2.05) is 0 Å². The molecule has 2 nitrogen and oxygen atoms in total. The van der Waals surface area contributed by atoms with Crippen molar-refractivity contribution in [3.05, 3.63) is 243 Å². The van der Waals surface area contributed by atoms with Crippen LogP contribution in [0.15, 0.2) is 243 Å². The Morgan fingerprint density at radius 2 is 0.833 bits per heavy atom. The summed E-state index contributed by atoms with van der Waals surface area (Å²) in [7, 11) is 0. The molecule has 0 atom stereocenters. The van der Waals surface area contributed by atoms with Crippen molar-refractivity contribution >= 4 is 49.6 Å². The van der Waals surface area contributed by atoms with Gasteiger partial charge < -0.3 is 9.47 Å². The highest BCUT2D eigenvalue weighted by molar-refractivity contribution is 6.11.